The highest BCUT2D eigenvalue weighted by Gasteiger charge is 2.41. The van der Waals surface area contributed by atoms with Gasteiger partial charge in [0.15, 0.2) is 0 Å². The minimum atomic E-state index is -4.86. The second kappa shape index (κ2) is 2.88. The van der Waals surface area contributed by atoms with Crippen molar-refractivity contribution in [2.45, 2.75) is 25.4 Å². The molecule has 12 heavy (non-hydrogen) atoms. The quantitative estimate of drug-likeness (QED) is 0.616. The third-order valence-corrected chi connectivity index (χ3v) is 1.68. The summed E-state index contributed by atoms with van der Waals surface area (Å²) in [6, 6.07) is 0. The van der Waals surface area contributed by atoms with Crippen molar-refractivity contribution in [1.82, 2.24) is 0 Å². The highest BCUT2D eigenvalue weighted by Crippen LogP contribution is 2.32. The molecule has 0 aromatic rings. The summed E-state index contributed by atoms with van der Waals surface area (Å²) in [6.45, 7) is 0. The van der Waals surface area contributed by atoms with Gasteiger partial charge in [0.25, 0.3) is 0 Å². The molecule has 2 nitrogen and oxygen atoms in total. The van der Waals surface area contributed by atoms with E-state index in [0.717, 1.165) is 0 Å². The molecule has 5 heteroatoms. The number of halogens is 3. The Morgan fingerprint density at radius 2 is 1.75 bits per heavy atom. The van der Waals surface area contributed by atoms with Crippen molar-refractivity contribution >= 4 is 11.6 Å². The lowest BCUT2D eigenvalue weighted by atomic mass is 10.1. The van der Waals surface area contributed by atoms with Gasteiger partial charge < -0.3 is 0 Å². The normalized spacial score (nSPS) is 17.6. The molecule has 0 aliphatic heterocycles. The molecule has 0 spiro atoms. The Bertz CT molecular complexity index is 215. The van der Waals surface area contributed by atoms with E-state index in [4.69, 9.17) is 0 Å². The fraction of sp³-hybridized carbons (Fsp3) is 0.714. The molecule has 1 fully saturated rings. The fourth-order valence-corrected chi connectivity index (χ4v) is 0.808. The van der Waals surface area contributed by atoms with Gasteiger partial charge in [-0.15, -0.1) is 0 Å². The van der Waals surface area contributed by atoms with E-state index in [2.05, 4.69) is 0 Å². The maximum absolute atomic E-state index is 11.6. The number of alkyl halides is 3. The molecule has 68 valence electrons. The van der Waals surface area contributed by atoms with Crippen molar-refractivity contribution < 1.29 is 22.8 Å². The van der Waals surface area contributed by atoms with E-state index >= 15 is 0 Å². The molecule has 1 saturated carbocycles. The average Bonchev–Trinajstić information content (AvgIpc) is 2.65. The summed E-state index contributed by atoms with van der Waals surface area (Å²) >= 11 is 0. The van der Waals surface area contributed by atoms with Crippen molar-refractivity contribution in [3.8, 4) is 0 Å². The first kappa shape index (κ1) is 9.22. The van der Waals surface area contributed by atoms with Crippen LogP contribution in [-0.2, 0) is 9.59 Å². The summed E-state index contributed by atoms with van der Waals surface area (Å²) < 4.78 is 34.8. The highest BCUT2D eigenvalue weighted by molar-refractivity contribution is 6.03. The number of carbonyl (C=O) groups is 2. The summed E-state index contributed by atoms with van der Waals surface area (Å²) in [4.78, 5) is 21.0. The van der Waals surface area contributed by atoms with Crippen LogP contribution < -0.4 is 0 Å². The van der Waals surface area contributed by atoms with Gasteiger partial charge in [0.2, 0.25) is 5.78 Å². The Morgan fingerprint density at radius 1 is 1.25 bits per heavy atom. The summed E-state index contributed by atoms with van der Waals surface area (Å²) in [5, 5.41) is 0. The number of ketones is 2. The molecule has 0 radical (unpaired) electrons. The van der Waals surface area contributed by atoms with Crippen LogP contribution in [0.4, 0.5) is 13.2 Å². The molecule has 0 aromatic heterocycles. The van der Waals surface area contributed by atoms with Crippen LogP contribution in [0.5, 0.6) is 0 Å². The standard InChI is InChI=1S/C7H7F3O2/c8-7(9,10)6(12)3-5(11)4-1-2-4/h4H,1-3H2. The van der Waals surface area contributed by atoms with E-state index in [9.17, 15) is 22.8 Å². The second-order valence-corrected chi connectivity index (χ2v) is 2.84. The van der Waals surface area contributed by atoms with Gasteiger partial charge in [0.05, 0.1) is 6.42 Å². The van der Waals surface area contributed by atoms with Crippen molar-refractivity contribution in [3.05, 3.63) is 0 Å². The van der Waals surface area contributed by atoms with Crippen LogP contribution in [0.25, 0.3) is 0 Å². The molecule has 1 aliphatic rings. The van der Waals surface area contributed by atoms with E-state index in [-0.39, 0.29) is 5.92 Å². The number of Topliss-reactive ketones (excluding diaryl/α,β-unsaturated/α-hetero) is 2. The maximum Gasteiger partial charge on any atom is 0.450 e. The van der Waals surface area contributed by atoms with E-state index in [1.807, 2.05) is 0 Å². The largest absolute Gasteiger partial charge is 0.450 e. The molecule has 0 aromatic carbocycles. The first-order valence-corrected chi connectivity index (χ1v) is 3.54. The fourth-order valence-electron chi connectivity index (χ4n) is 0.808. The minimum absolute atomic E-state index is 0.281. The van der Waals surface area contributed by atoms with Crippen LogP contribution >= 0.6 is 0 Å². The molecule has 0 heterocycles. The number of carbonyl (C=O) groups excluding carboxylic acids is 2. The molecule has 0 amide bonds. The van der Waals surface area contributed by atoms with E-state index in [0.29, 0.717) is 12.8 Å². The molecule has 0 atom stereocenters. The molecule has 0 saturated heterocycles. The van der Waals surface area contributed by atoms with E-state index in [1.54, 1.807) is 0 Å². The van der Waals surface area contributed by atoms with E-state index in [1.165, 1.54) is 0 Å². The van der Waals surface area contributed by atoms with Crippen molar-refractivity contribution in [2.75, 3.05) is 0 Å². The van der Waals surface area contributed by atoms with Crippen LogP contribution in [0.1, 0.15) is 19.3 Å². The molecular formula is C7H7F3O2. The first-order valence-electron chi connectivity index (χ1n) is 3.54. The highest BCUT2D eigenvalue weighted by atomic mass is 19.4. The van der Waals surface area contributed by atoms with E-state index < -0.39 is 24.2 Å². The van der Waals surface area contributed by atoms with Gasteiger partial charge in [0, 0.05) is 5.92 Å². The van der Waals surface area contributed by atoms with Gasteiger partial charge in [0.1, 0.15) is 5.78 Å². The van der Waals surface area contributed by atoms with Gasteiger partial charge in [-0.25, -0.2) is 0 Å². The monoisotopic (exact) mass is 180 g/mol. The Hall–Kier alpha value is -0.870. The van der Waals surface area contributed by atoms with Crippen LogP contribution in [0, 0.1) is 5.92 Å². The number of hydrogen-bond acceptors (Lipinski definition) is 2. The van der Waals surface area contributed by atoms with Gasteiger partial charge in [-0.1, -0.05) is 0 Å². The van der Waals surface area contributed by atoms with Crippen molar-refractivity contribution in [2.24, 2.45) is 5.92 Å². The molecular weight excluding hydrogens is 173 g/mol. The Balaban J connectivity index is 2.40. The van der Waals surface area contributed by atoms with Gasteiger partial charge in [-0.2, -0.15) is 13.2 Å². The molecule has 0 unspecified atom stereocenters. The third-order valence-electron chi connectivity index (χ3n) is 1.68. The summed E-state index contributed by atoms with van der Waals surface area (Å²) in [5.41, 5.74) is 0. The summed E-state index contributed by atoms with van der Waals surface area (Å²) in [6.07, 6.45) is -4.58. The number of rotatable bonds is 3. The molecule has 0 N–H and O–H groups in total. The predicted octanol–water partition coefficient (Wildman–Crippen LogP) is 1.49. The summed E-state index contributed by atoms with van der Waals surface area (Å²) in [5.74, 6) is -2.78. The lowest BCUT2D eigenvalue weighted by molar-refractivity contribution is -0.171. The first-order chi connectivity index (χ1) is 5.41. The smallest absolute Gasteiger partial charge is 0.299 e. The van der Waals surface area contributed by atoms with Gasteiger partial charge in [-0.3, -0.25) is 9.59 Å². The van der Waals surface area contributed by atoms with Crippen LogP contribution in [0.3, 0.4) is 0 Å². The SMILES string of the molecule is O=C(CC(=O)C(F)(F)F)C1CC1. The van der Waals surface area contributed by atoms with Crippen molar-refractivity contribution in [3.63, 3.8) is 0 Å². The maximum atomic E-state index is 11.6. The van der Waals surface area contributed by atoms with Crippen LogP contribution in [0.15, 0.2) is 0 Å². The molecule has 1 aliphatic carbocycles. The number of hydrogen-bond donors (Lipinski definition) is 0. The van der Waals surface area contributed by atoms with Crippen LogP contribution in [-0.4, -0.2) is 17.7 Å². The zero-order valence-corrected chi connectivity index (χ0v) is 6.15. The second-order valence-electron chi connectivity index (χ2n) is 2.84. The van der Waals surface area contributed by atoms with Gasteiger partial charge >= 0.3 is 6.18 Å². The third kappa shape index (κ3) is 2.32. The zero-order valence-electron chi connectivity index (χ0n) is 6.15. The average molecular weight is 180 g/mol. The topological polar surface area (TPSA) is 34.1 Å². The van der Waals surface area contributed by atoms with Crippen molar-refractivity contribution in [1.29, 1.82) is 0 Å². The molecule has 0 bridgehead atoms. The Labute approximate surface area is 66.7 Å². The zero-order chi connectivity index (χ0) is 9.35. The Morgan fingerprint density at radius 3 is 2.08 bits per heavy atom. The Kier molecular flexibility index (Phi) is 2.21. The lowest BCUT2D eigenvalue weighted by Crippen LogP contribution is -2.25. The molecule has 1 rings (SSSR count). The minimum Gasteiger partial charge on any atom is -0.299 e. The predicted molar refractivity (Wildman–Crippen MR) is 33.4 cm³/mol. The lowest BCUT2D eigenvalue weighted by Gasteiger charge is -2.02. The van der Waals surface area contributed by atoms with Crippen LogP contribution in [0.2, 0.25) is 0 Å². The van der Waals surface area contributed by atoms with Gasteiger partial charge in [-0.05, 0) is 12.8 Å². The summed E-state index contributed by atoms with van der Waals surface area (Å²) in [7, 11) is 0.